The maximum Gasteiger partial charge on any atom is 0.320 e. The minimum Gasteiger partial charge on any atom is -0.480 e. The van der Waals surface area contributed by atoms with E-state index in [-0.39, 0.29) is 23.7 Å². The number of hydrogen-bond acceptors (Lipinski definition) is 10. The zero-order valence-corrected chi connectivity index (χ0v) is 15.9. The Labute approximate surface area is 161 Å². The molecule has 8 N–H and O–H groups in total. The van der Waals surface area contributed by atoms with Crippen LogP contribution in [0.4, 0.5) is 5.82 Å². The van der Waals surface area contributed by atoms with Crippen LogP contribution in [0.2, 0.25) is 0 Å². The summed E-state index contributed by atoms with van der Waals surface area (Å²) in [5.41, 5.74) is 11.9. The lowest BCUT2D eigenvalue weighted by Crippen LogP contribution is -2.36. The molecule has 156 valence electrons. The molecule has 2 aromatic heterocycles. The van der Waals surface area contributed by atoms with Crippen LogP contribution in [0.1, 0.15) is 12.6 Å². The van der Waals surface area contributed by atoms with E-state index in [9.17, 15) is 19.6 Å². The van der Waals surface area contributed by atoms with Gasteiger partial charge in [0.1, 0.15) is 30.1 Å². The van der Waals surface area contributed by atoms with E-state index in [4.69, 9.17) is 21.3 Å². The normalized spacial score (nSPS) is 29.5. The van der Waals surface area contributed by atoms with Crippen LogP contribution in [-0.2, 0) is 9.53 Å². The molecule has 0 aliphatic carbocycles. The van der Waals surface area contributed by atoms with Crippen molar-refractivity contribution in [3.05, 3.63) is 12.7 Å². The van der Waals surface area contributed by atoms with E-state index in [2.05, 4.69) is 15.0 Å². The maximum absolute atomic E-state index is 10.8. The number of rotatable bonds is 7. The number of aliphatic hydroxyl groups excluding tert-OH is 2. The third-order valence-electron chi connectivity index (χ3n) is 4.71. The van der Waals surface area contributed by atoms with E-state index >= 15 is 0 Å². The summed E-state index contributed by atoms with van der Waals surface area (Å²) >= 11 is 0. The highest BCUT2D eigenvalue weighted by atomic mass is 32.3. The minimum absolute atomic E-state index is 0.0534. The fraction of sp³-hybridized carbons (Fsp3) is 0.600. The average molecular weight is 416 g/mol. The smallest absolute Gasteiger partial charge is 0.320 e. The Morgan fingerprint density at radius 2 is 2.07 bits per heavy atom. The molecule has 1 aliphatic heterocycles. The molecule has 28 heavy (non-hydrogen) atoms. The molecule has 1 saturated heterocycles. The summed E-state index contributed by atoms with van der Waals surface area (Å²) in [6.45, 7) is 0. The molecule has 0 radical (unpaired) electrons. The van der Waals surface area contributed by atoms with Gasteiger partial charge in [0.2, 0.25) is 0 Å². The van der Waals surface area contributed by atoms with Gasteiger partial charge in [-0.25, -0.2) is 15.0 Å². The van der Waals surface area contributed by atoms with Crippen LogP contribution in [0, 0.1) is 0 Å². The molecule has 3 rings (SSSR count). The van der Waals surface area contributed by atoms with Crippen LogP contribution < -0.4 is 11.5 Å². The van der Waals surface area contributed by atoms with E-state index < -0.39 is 46.9 Å². The van der Waals surface area contributed by atoms with Crippen molar-refractivity contribution in [1.29, 1.82) is 0 Å². The van der Waals surface area contributed by atoms with Crippen molar-refractivity contribution >= 4 is 33.3 Å². The van der Waals surface area contributed by atoms with Crippen LogP contribution in [-0.4, -0.2) is 87.5 Å². The van der Waals surface area contributed by atoms with Gasteiger partial charge in [0.25, 0.3) is 0 Å². The number of aliphatic hydroxyl groups is 2. The fourth-order valence-electron chi connectivity index (χ4n) is 3.09. The number of carboxylic acid groups (broad SMARTS) is 1. The lowest BCUT2D eigenvalue weighted by Gasteiger charge is -2.33. The van der Waals surface area contributed by atoms with Gasteiger partial charge >= 0.3 is 5.97 Å². The van der Waals surface area contributed by atoms with Crippen molar-refractivity contribution < 1.29 is 29.4 Å². The van der Waals surface area contributed by atoms with Crippen LogP contribution >= 0.6 is 10.3 Å². The monoisotopic (exact) mass is 416 g/mol. The van der Waals surface area contributed by atoms with E-state index in [0.29, 0.717) is 11.2 Å². The Balaban J connectivity index is 1.73. The largest absolute Gasteiger partial charge is 0.480 e. The summed E-state index contributed by atoms with van der Waals surface area (Å²) in [7, 11) is -2.30. The Bertz CT molecular complexity index is 863. The van der Waals surface area contributed by atoms with Gasteiger partial charge in [0, 0.05) is 11.5 Å². The molecule has 0 aromatic carbocycles. The van der Waals surface area contributed by atoms with Crippen molar-refractivity contribution in [1.82, 2.24) is 19.5 Å². The van der Waals surface area contributed by atoms with Gasteiger partial charge in [-0.15, -0.1) is 10.3 Å². The maximum atomic E-state index is 10.8. The zero-order valence-electron chi connectivity index (χ0n) is 15.1. The predicted molar refractivity (Wildman–Crippen MR) is 102 cm³/mol. The lowest BCUT2D eigenvalue weighted by molar-refractivity contribution is -0.138. The fourth-order valence-corrected chi connectivity index (χ4v) is 5.01. The highest BCUT2D eigenvalue weighted by molar-refractivity contribution is 8.28. The quantitative estimate of drug-likeness (QED) is 0.314. The van der Waals surface area contributed by atoms with E-state index in [1.807, 2.05) is 0 Å². The summed E-state index contributed by atoms with van der Waals surface area (Å²) in [6, 6.07) is -1.07. The number of aliphatic carboxylic acids is 1. The van der Waals surface area contributed by atoms with Crippen molar-refractivity contribution in [3.63, 3.8) is 0 Å². The van der Waals surface area contributed by atoms with Gasteiger partial charge in [-0.2, -0.15) is 0 Å². The molecule has 1 aliphatic rings. The summed E-state index contributed by atoms with van der Waals surface area (Å²) in [5, 5.41) is 29.7. The summed E-state index contributed by atoms with van der Waals surface area (Å²) in [4.78, 5) is 22.9. The van der Waals surface area contributed by atoms with Crippen LogP contribution in [0.25, 0.3) is 11.2 Å². The molecule has 0 bridgehead atoms. The Kier molecular flexibility index (Phi) is 5.74. The van der Waals surface area contributed by atoms with Gasteiger partial charge in [0.15, 0.2) is 17.7 Å². The van der Waals surface area contributed by atoms with Crippen molar-refractivity contribution in [3.8, 4) is 0 Å². The number of nitrogens with zero attached hydrogens (tertiary/aromatic N) is 4. The molecule has 12 nitrogen and oxygen atoms in total. The number of fused-ring (bicyclic) bond motifs is 1. The van der Waals surface area contributed by atoms with E-state index in [0.717, 1.165) is 0 Å². The molecule has 0 spiro atoms. The molecular weight excluding hydrogens is 392 g/mol. The second kappa shape index (κ2) is 7.77. The first-order valence-corrected chi connectivity index (χ1v) is 10.8. The molecule has 13 heteroatoms. The molecule has 2 aromatic rings. The number of ether oxygens (including phenoxy) is 1. The number of nitrogen functional groups attached to an aromatic ring is 1. The molecule has 2 unspecified atom stereocenters. The number of nitrogens with two attached hydrogens (primary N) is 2. The Hall–Kier alpha value is -2.03. The first-order valence-electron chi connectivity index (χ1n) is 8.50. The predicted octanol–water partition coefficient (Wildman–Crippen LogP) is -1.26. The van der Waals surface area contributed by atoms with Crippen molar-refractivity contribution in [2.75, 3.05) is 23.5 Å². The van der Waals surface area contributed by atoms with Gasteiger partial charge in [-0.05, 0) is 12.7 Å². The minimum atomic E-state index is -2.30. The molecule has 1 fully saturated rings. The number of imidazole rings is 1. The molecule has 0 saturated carbocycles. The summed E-state index contributed by atoms with van der Waals surface area (Å²) < 4.78 is 17.9. The molecule has 0 amide bonds. The van der Waals surface area contributed by atoms with Crippen LogP contribution in [0.5, 0.6) is 0 Å². The first kappa shape index (κ1) is 20.7. The topological polar surface area (TPSA) is 203 Å². The average Bonchev–Trinajstić information content (AvgIpc) is 3.17. The number of anilines is 1. The highest BCUT2D eigenvalue weighted by Gasteiger charge is 2.45. The molecule has 3 heterocycles. The molecular formula is C15H24N6O6S. The highest BCUT2D eigenvalue weighted by Crippen LogP contribution is 2.44. The Morgan fingerprint density at radius 3 is 2.75 bits per heavy atom. The van der Waals surface area contributed by atoms with Crippen molar-refractivity contribution in [2.45, 2.75) is 37.0 Å². The second-order valence-corrected chi connectivity index (χ2v) is 10.1. The zero-order chi connectivity index (χ0) is 20.6. The van der Waals surface area contributed by atoms with Gasteiger partial charge < -0.3 is 36.1 Å². The second-order valence-electron chi connectivity index (χ2n) is 6.96. The number of carboxylic acids is 1. The standard InChI is InChI=1S/C15H24N6O6S/c1-28(26,3-2-7(16)15(24)25)4-8-10(22)11(23)14(27-8)21-6-20-9-12(17)18-5-19-13(9)21/h5-8,10-11,14,22-23,26H,2-4,16H2,1H3,(H,24,25)(H2,17,18,19)/t7?,8-,10-,11-,14+/m1/s1. The summed E-state index contributed by atoms with van der Waals surface area (Å²) in [5.74, 6) is -0.741. The van der Waals surface area contributed by atoms with Crippen molar-refractivity contribution in [2.24, 2.45) is 5.73 Å². The van der Waals surface area contributed by atoms with Gasteiger partial charge in [0.05, 0.1) is 12.4 Å². The van der Waals surface area contributed by atoms with E-state index in [1.165, 1.54) is 17.2 Å². The number of hydrogen-bond donors (Lipinski definition) is 6. The van der Waals surface area contributed by atoms with E-state index in [1.54, 1.807) is 6.26 Å². The summed E-state index contributed by atoms with van der Waals surface area (Å²) in [6.07, 6.45) is -0.0594. The third-order valence-corrected chi connectivity index (χ3v) is 6.87. The first-order chi connectivity index (χ1) is 13.1. The SMILES string of the molecule is CS(O)(CCC(N)C(=O)O)C[C@H]1O[C@H](n2cnc3c(N)ncnc32)[C@H](O)[C@@H]1O. The lowest BCUT2D eigenvalue weighted by atomic mass is 10.1. The number of carbonyl (C=O) groups is 1. The number of aromatic nitrogens is 4. The third kappa shape index (κ3) is 4.04. The Morgan fingerprint density at radius 1 is 1.36 bits per heavy atom. The van der Waals surface area contributed by atoms with Crippen LogP contribution in [0.3, 0.4) is 0 Å². The van der Waals surface area contributed by atoms with Crippen LogP contribution in [0.15, 0.2) is 12.7 Å². The van der Waals surface area contributed by atoms with Gasteiger partial charge in [-0.3, -0.25) is 9.36 Å². The molecule has 6 atom stereocenters. The van der Waals surface area contributed by atoms with Gasteiger partial charge in [-0.1, -0.05) is 0 Å².